The summed E-state index contributed by atoms with van der Waals surface area (Å²) >= 11 is 0. The Hall–Kier alpha value is -1.64. The lowest BCUT2D eigenvalue weighted by atomic mass is 9.60. The Kier molecular flexibility index (Phi) is 9.04. The number of Topliss-reactive ketones (excluding diaryl/α,β-unsaturated/α-hetero) is 1. The third-order valence-electron chi connectivity index (χ3n) is 6.25. The van der Waals surface area contributed by atoms with Gasteiger partial charge in [0.15, 0.2) is 5.78 Å². The summed E-state index contributed by atoms with van der Waals surface area (Å²) in [6.45, 7) is 11.6. The van der Waals surface area contributed by atoms with Crippen LogP contribution < -0.4 is 0 Å². The van der Waals surface area contributed by atoms with Gasteiger partial charge in [0.2, 0.25) is 6.41 Å². The molecule has 0 N–H and O–H groups in total. The van der Waals surface area contributed by atoms with Gasteiger partial charge < -0.3 is 4.90 Å². The average Bonchev–Trinajstić information content (AvgIpc) is 2.89. The molecule has 3 nitrogen and oxygen atoms in total. The van der Waals surface area contributed by atoms with E-state index in [2.05, 4.69) is 27.7 Å². The second kappa shape index (κ2) is 10.5. The molecular formula is C23H37NO2. The number of allylic oxidation sites excluding steroid dienone is 6. The van der Waals surface area contributed by atoms with Crippen molar-refractivity contribution >= 4 is 12.2 Å². The smallest absolute Gasteiger partial charge is 0.209 e. The first-order chi connectivity index (χ1) is 12.4. The maximum absolute atomic E-state index is 12.9. The number of carbonyl (C=O) groups is 2. The number of ketones is 1. The molecule has 0 saturated heterocycles. The van der Waals surface area contributed by atoms with Crippen LogP contribution in [0.4, 0.5) is 0 Å². The second-order valence-corrected chi connectivity index (χ2v) is 7.73. The molecule has 0 bridgehead atoms. The minimum absolute atomic E-state index is 0.0822. The van der Waals surface area contributed by atoms with Gasteiger partial charge in [0.1, 0.15) is 0 Å². The van der Waals surface area contributed by atoms with E-state index in [4.69, 9.17) is 0 Å². The van der Waals surface area contributed by atoms with Gasteiger partial charge in [0.05, 0.1) is 0 Å². The first-order valence-corrected chi connectivity index (χ1v) is 10.1. The highest BCUT2D eigenvalue weighted by Crippen LogP contribution is 2.55. The first-order valence-electron chi connectivity index (χ1n) is 10.1. The minimum Gasteiger partial charge on any atom is -0.348 e. The number of amides is 1. The SMILES string of the molecule is C/C=C\C=C/C1=C(C)C(C(C)CCN(C)C=O)(C(CC)CCC)CC1=O. The molecule has 0 heterocycles. The third kappa shape index (κ3) is 4.75. The minimum atomic E-state index is -0.0822. The van der Waals surface area contributed by atoms with Crippen LogP contribution in [0.2, 0.25) is 0 Å². The molecule has 3 atom stereocenters. The molecule has 0 aromatic rings. The van der Waals surface area contributed by atoms with Gasteiger partial charge in [-0.25, -0.2) is 0 Å². The summed E-state index contributed by atoms with van der Waals surface area (Å²) in [6, 6.07) is 0. The molecule has 0 aliphatic heterocycles. The van der Waals surface area contributed by atoms with E-state index in [9.17, 15) is 9.59 Å². The molecule has 0 radical (unpaired) electrons. The lowest BCUT2D eigenvalue weighted by molar-refractivity contribution is -0.118. The zero-order valence-corrected chi connectivity index (χ0v) is 17.5. The van der Waals surface area contributed by atoms with Crippen LogP contribution in [0, 0.1) is 17.3 Å². The number of carbonyl (C=O) groups excluding carboxylic acids is 2. The molecular weight excluding hydrogens is 322 g/mol. The first kappa shape index (κ1) is 22.4. The van der Waals surface area contributed by atoms with Gasteiger partial charge in [-0.05, 0) is 38.5 Å². The molecule has 3 heteroatoms. The van der Waals surface area contributed by atoms with Crippen LogP contribution in [0.5, 0.6) is 0 Å². The Labute approximate surface area is 160 Å². The Balaban J connectivity index is 3.32. The predicted molar refractivity (Wildman–Crippen MR) is 110 cm³/mol. The van der Waals surface area contributed by atoms with Crippen molar-refractivity contribution in [1.29, 1.82) is 0 Å². The maximum Gasteiger partial charge on any atom is 0.209 e. The largest absolute Gasteiger partial charge is 0.348 e. The van der Waals surface area contributed by atoms with Crippen molar-refractivity contribution in [2.75, 3.05) is 13.6 Å². The number of rotatable bonds is 11. The van der Waals surface area contributed by atoms with Gasteiger partial charge in [-0.15, -0.1) is 0 Å². The molecule has 146 valence electrons. The van der Waals surface area contributed by atoms with Crippen LogP contribution in [0.25, 0.3) is 0 Å². The molecule has 1 rings (SSSR count). The normalized spacial score (nSPS) is 23.2. The van der Waals surface area contributed by atoms with Gasteiger partial charge in [0, 0.05) is 31.0 Å². The van der Waals surface area contributed by atoms with Crippen LogP contribution in [0.15, 0.2) is 35.5 Å². The van der Waals surface area contributed by atoms with Crippen LogP contribution in [-0.2, 0) is 9.59 Å². The summed E-state index contributed by atoms with van der Waals surface area (Å²) in [6.07, 6.45) is 13.7. The summed E-state index contributed by atoms with van der Waals surface area (Å²) in [7, 11) is 1.82. The van der Waals surface area contributed by atoms with E-state index in [0.717, 1.165) is 44.2 Å². The van der Waals surface area contributed by atoms with Crippen LogP contribution in [-0.4, -0.2) is 30.7 Å². The molecule has 1 aliphatic rings. The molecule has 0 fully saturated rings. The molecule has 26 heavy (non-hydrogen) atoms. The van der Waals surface area contributed by atoms with Crippen molar-refractivity contribution in [3.8, 4) is 0 Å². The van der Waals surface area contributed by atoms with Crippen LogP contribution in [0.3, 0.4) is 0 Å². The Morgan fingerprint density at radius 1 is 1.23 bits per heavy atom. The molecule has 1 amide bonds. The average molecular weight is 360 g/mol. The molecule has 0 aromatic heterocycles. The topological polar surface area (TPSA) is 37.4 Å². The third-order valence-corrected chi connectivity index (χ3v) is 6.25. The highest BCUT2D eigenvalue weighted by molar-refractivity contribution is 6.02. The van der Waals surface area contributed by atoms with Crippen molar-refractivity contribution in [3.05, 3.63) is 35.5 Å². The van der Waals surface area contributed by atoms with Crippen molar-refractivity contribution < 1.29 is 9.59 Å². The monoisotopic (exact) mass is 359 g/mol. The Bertz CT molecular complexity index is 573. The fourth-order valence-corrected chi connectivity index (χ4v) is 4.71. The molecule has 0 spiro atoms. The van der Waals surface area contributed by atoms with Crippen LogP contribution in [0.1, 0.15) is 66.7 Å². The number of hydrogen-bond acceptors (Lipinski definition) is 2. The molecule has 1 aliphatic carbocycles. The van der Waals surface area contributed by atoms with Gasteiger partial charge >= 0.3 is 0 Å². The van der Waals surface area contributed by atoms with Crippen molar-refractivity contribution in [2.45, 2.75) is 66.7 Å². The van der Waals surface area contributed by atoms with Gasteiger partial charge in [-0.2, -0.15) is 0 Å². The van der Waals surface area contributed by atoms with E-state index in [0.29, 0.717) is 18.3 Å². The van der Waals surface area contributed by atoms with E-state index in [1.807, 2.05) is 38.3 Å². The molecule has 3 unspecified atom stereocenters. The second-order valence-electron chi connectivity index (χ2n) is 7.73. The number of nitrogens with zero attached hydrogens (tertiary/aromatic N) is 1. The van der Waals surface area contributed by atoms with Crippen molar-refractivity contribution in [2.24, 2.45) is 17.3 Å². The Morgan fingerprint density at radius 3 is 2.46 bits per heavy atom. The van der Waals surface area contributed by atoms with E-state index in [-0.39, 0.29) is 11.2 Å². The quantitative estimate of drug-likeness (QED) is 0.369. The van der Waals surface area contributed by atoms with E-state index in [1.54, 1.807) is 4.90 Å². The van der Waals surface area contributed by atoms with Gasteiger partial charge in [-0.1, -0.05) is 63.5 Å². The highest BCUT2D eigenvalue weighted by atomic mass is 16.1. The maximum atomic E-state index is 12.9. The Morgan fingerprint density at radius 2 is 1.92 bits per heavy atom. The fraction of sp³-hybridized carbons (Fsp3) is 0.652. The highest BCUT2D eigenvalue weighted by Gasteiger charge is 2.49. The van der Waals surface area contributed by atoms with E-state index >= 15 is 0 Å². The van der Waals surface area contributed by atoms with Crippen molar-refractivity contribution in [3.63, 3.8) is 0 Å². The lowest BCUT2D eigenvalue weighted by Gasteiger charge is -2.44. The lowest BCUT2D eigenvalue weighted by Crippen LogP contribution is -2.38. The summed E-state index contributed by atoms with van der Waals surface area (Å²) in [5.41, 5.74) is 2.07. The summed E-state index contributed by atoms with van der Waals surface area (Å²) < 4.78 is 0. The van der Waals surface area contributed by atoms with Gasteiger partial charge in [-0.3, -0.25) is 9.59 Å². The summed E-state index contributed by atoms with van der Waals surface area (Å²) in [5.74, 6) is 1.13. The van der Waals surface area contributed by atoms with E-state index in [1.165, 1.54) is 5.57 Å². The molecule has 0 saturated carbocycles. The van der Waals surface area contributed by atoms with Gasteiger partial charge in [0.25, 0.3) is 0 Å². The zero-order valence-electron chi connectivity index (χ0n) is 17.5. The zero-order chi connectivity index (χ0) is 19.7. The summed E-state index contributed by atoms with van der Waals surface area (Å²) in [4.78, 5) is 25.6. The molecule has 0 aromatic carbocycles. The van der Waals surface area contributed by atoms with Crippen molar-refractivity contribution in [1.82, 2.24) is 4.90 Å². The van der Waals surface area contributed by atoms with Crippen LogP contribution >= 0.6 is 0 Å². The van der Waals surface area contributed by atoms with E-state index < -0.39 is 0 Å². The number of hydrogen-bond donors (Lipinski definition) is 0. The standard InChI is InChI=1S/C23H37NO2/c1-7-10-11-13-21-19(5)23(16-22(21)26,20(9-3)12-8-2)18(4)14-15-24(6)17-25/h7,10-11,13,17-18,20H,8-9,12,14-16H2,1-6H3/b10-7-,13-11-. The predicted octanol–water partition coefficient (Wildman–Crippen LogP) is 5.34. The fourth-order valence-electron chi connectivity index (χ4n) is 4.71. The summed E-state index contributed by atoms with van der Waals surface area (Å²) in [5, 5.41) is 0.